The molecule has 1 N–H and O–H groups in total. The molecule has 0 radical (unpaired) electrons. The number of halogens is 1. The molecule has 2 aliphatic heterocycles. The summed E-state index contributed by atoms with van der Waals surface area (Å²) in [5, 5.41) is 5.19. The molecule has 30 heavy (non-hydrogen) atoms. The molecular formula is C21H20ClN5OS2. The van der Waals surface area contributed by atoms with E-state index < -0.39 is 0 Å². The molecule has 1 aromatic carbocycles. The number of fused-ring (bicyclic) bond motifs is 1. The molecule has 1 amide bonds. The van der Waals surface area contributed by atoms with Gasteiger partial charge in [-0.25, -0.2) is 4.98 Å². The van der Waals surface area contributed by atoms with Gasteiger partial charge in [-0.15, -0.1) is 0 Å². The molecule has 5 rings (SSSR count). The zero-order valence-corrected chi connectivity index (χ0v) is 18.6. The number of anilines is 1. The van der Waals surface area contributed by atoms with Crippen LogP contribution in [0.15, 0.2) is 35.3 Å². The Kier molecular flexibility index (Phi) is 5.62. The van der Waals surface area contributed by atoms with Crippen molar-refractivity contribution in [2.45, 2.75) is 19.3 Å². The molecule has 2 aliphatic rings. The van der Waals surface area contributed by atoms with Gasteiger partial charge >= 0.3 is 0 Å². The fourth-order valence-electron chi connectivity index (χ4n) is 3.66. The van der Waals surface area contributed by atoms with E-state index in [2.05, 4.69) is 15.2 Å². The summed E-state index contributed by atoms with van der Waals surface area (Å²) in [6, 6.07) is 9.34. The monoisotopic (exact) mass is 457 g/mol. The van der Waals surface area contributed by atoms with E-state index in [9.17, 15) is 4.79 Å². The zero-order valence-electron chi connectivity index (χ0n) is 16.2. The van der Waals surface area contributed by atoms with Gasteiger partial charge in [-0.05, 0) is 37.5 Å². The number of pyridine rings is 1. The molecule has 4 heterocycles. The maximum Gasteiger partial charge on any atom is 0.258 e. The molecule has 3 aromatic rings. The lowest BCUT2D eigenvalue weighted by molar-refractivity contribution is 0.0979. The third-order valence-electron chi connectivity index (χ3n) is 5.15. The number of aromatic nitrogens is 2. The van der Waals surface area contributed by atoms with Gasteiger partial charge in [0.15, 0.2) is 15.9 Å². The van der Waals surface area contributed by atoms with Gasteiger partial charge in [0, 0.05) is 29.4 Å². The summed E-state index contributed by atoms with van der Waals surface area (Å²) in [4.78, 5) is 29.4. The molecule has 2 aromatic heterocycles. The Morgan fingerprint density at radius 1 is 1.13 bits per heavy atom. The predicted molar refractivity (Wildman–Crippen MR) is 126 cm³/mol. The quantitative estimate of drug-likeness (QED) is 0.609. The van der Waals surface area contributed by atoms with Crippen molar-refractivity contribution in [3.63, 3.8) is 0 Å². The van der Waals surface area contributed by atoms with E-state index in [0.29, 0.717) is 27.1 Å². The number of nitrogens with one attached hydrogen (secondary N) is 1. The first kappa shape index (κ1) is 19.8. The van der Waals surface area contributed by atoms with E-state index in [1.807, 2.05) is 30.3 Å². The Labute approximate surface area is 187 Å². The molecule has 6 nitrogen and oxygen atoms in total. The average molecular weight is 458 g/mol. The van der Waals surface area contributed by atoms with Gasteiger partial charge in [0.05, 0.1) is 22.5 Å². The Morgan fingerprint density at radius 2 is 2.00 bits per heavy atom. The summed E-state index contributed by atoms with van der Waals surface area (Å²) in [7, 11) is 0. The lowest BCUT2D eigenvalue weighted by Gasteiger charge is -2.25. The van der Waals surface area contributed by atoms with Gasteiger partial charge in [-0.3, -0.25) is 9.79 Å². The second-order valence-corrected chi connectivity index (χ2v) is 9.75. The van der Waals surface area contributed by atoms with E-state index in [-0.39, 0.29) is 5.91 Å². The maximum atomic E-state index is 13.2. The van der Waals surface area contributed by atoms with Gasteiger partial charge in [0.25, 0.3) is 5.91 Å². The third kappa shape index (κ3) is 4.04. The van der Waals surface area contributed by atoms with Gasteiger partial charge in [0.1, 0.15) is 0 Å². The number of hydrogen-bond donors (Lipinski definition) is 1. The number of hydrogen-bond acceptors (Lipinski definition) is 7. The van der Waals surface area contributed by atoms with Crippen LogP contribution in [0.4, 0.5) is 5.13 Å². The number of thioether (sulfide) groups is 1. The first-order valence-electron chi connectivity index (χ1n) is 9.98. The van der Waals surface area contributed by atoms with Crippen LogP contribution in [-0.4, -0.2) is 46.4 Å². The zero-order chi connectivity index (χ0) is 20.5. The van der Waals surface area contributed by atoms with Gasteiger partial charge in [-0.2, -0.15) is 4.98 Å². The lowest BCUT2D eigenvalue weighted by atomic mass is 10.1. The van der Waals surface area contributed by atoms with Crippen molar-refractivity contribution < 1.29 is 4.79 Å². The van der Waals surface area contributed by atoms with Gasteiger partial charge in [0.2, 0.25) is 0 Å². The molecule has 0 atom stereocenters. The number of nitrogens with zero attached hydrogens (tertiary/aromatic N) is 4. The standard InChI is InChI=1S/C21H20ClN5OS2/c22-14-6-4-5-13(11-14)16-12-15(19(28)26-20-23-7-10-29-20)17-18(24-16)25-21(30-17)27-8-2-1-3-9-27/h4-6,11-12H,1-3,7-10H2,(H,23,26,28). The van der Waals surface area contributed by atoms with E-state index in [1.165, 1.54) is 19.3 Å². The van der Waals surface area contributed by atoms with E-state index in [0.717, 1.165) is 40.8 Å². The van der Waals surface area contributed by atoms with Crippen LogP contribution in [0.1, 0.15) is 29.6 Å². The number of piperidine rings is 1. The second kappa shape index (κ2) is 8.53. The highest BCUT2D eigenvalue weighted by atomic mass is 35.5. The largest absolute Gasteiger partial charge is 0.348 e. The van der Waals surface area contributed by atoms with Crippen LogP contribution < -0.4 is 10.2 Å². The first-order valence-corrected chi connectivity index (χ1v) is 12.2. The molecule has 154 valence electrons. The molecule has 0 bridgehead atoms. The minimum absolute atomic E-state index is 0.173. The molecule has 0 unspecified atom stereocenters. The van der Waals surface area contributed by atoms with E-state index in [4.69, 9.17) is 21.6 Å². The summed E-state index contributed by atoms with van der Waals surface area (Å²) in [6.07, 6.45) is 3.59. The molecule has 9 heteroatoms. The Bertz CT molecular complexity index is 1140. The van der Waals surface area contributed by atoms with Crippen LogP contribution in [0.2, 0.25) is 5.02 Å². The fraction of sp³-hybridized carbons (Fsp3) is 0.333. The van der Waals surface area contributed by atoms with Gasteiger partial charge in [-0.1, -0.05) is 46.8 Å². The fourth-order valence-corrected chi connectivity index (χ4v) is 5.65. The molecule has 0 spiro atoms. The minimum atomic E-state index is -0.173. The molecule has 0 aliphatic carbocycles. The van der Waals surface area contributed by atoms with Crippen molar-refractivity contribution in [2.75, 3.05) is 30.3 Å². The summed E-state index contributed by atoms with van der Waals surface area (Å²) >= 11 is 9.30. The highest BCUT2D eigenvalue weighted by Gasteiger charge is 2.22. The molecular weight excluding hydrogens is 438 g/mol. The summed E-state index contributed by atoms with van der Waals surface area (Å²) in [5.41, 5.74) is 2.72. The Balaban J connectivity index is 1.60. The van der Waals surface area contributed by atoms with Crippen molar-refractivity contribution >= 4 is 61.3 Å². The van der Waals surface area contributed by atoms with Crippen molar-refractivity contribution in [3.8, 4) is 11.3 Å². The third-order valence-corrected chi connectivity index (χ3v) is 7.41. The normalized spacial score (nSPS) is 16.7. The second-order valence-electron chi connectivity index (χ2n) is 7.25. The average Bonchev–Trinajstić information content (AvgIpc) is 3.43. The maximum absolute atomic E-state index is 13.2. The van der Waals surface area contributed by atoms with Crippen molar-refractivity contribution in [1.29, 1.82) is 0 Å². The number of benzene rings is 1. The number of amides is 1. The number of thiazole rings is 1. The lowest BCUT2D eigenvalue weighted by Crippen LogP contribution is -2.29. The minimum Gasteiger partial charge on any atom is -0.348 e. The molecule has 0 saturated carbocycles. The van der Waals surface area contributed by atoms with Crippen LogP contribution >= 0.6 is 34.7 Å². The number of amidine groups is 1. The Hall–Kier alpha value is -2.16. The van der Waals surface area contributed by atoms with Crippen molar-refractivity contribution in [2.24, 2.45) is 4.99 Å². The Morgan fingerprint density at radius 3 is 2.77 bits per heavy atom. The summed E-state index contributed by atoms with van der Waals surface area (Å²) in [6.45, 7) is 2.73. The number of rotatable bonds is 3. The van der Waals surface area contributed by atoms with Crippen LogP contribution in [0, 0.1) is 0 Å². The number of carbonyl (C=O) groups is 1. The van der Waals surface area contributed by atoms with Gasteiger partial charge < -0.3 is 10.2 Å². The molecule has 1 saturated heterocycles. The summed E-state index contributed by atoms with van der Waals surface area (Å²) < 4.78 is 0.808. The first-order chi connectivity index (χ1) is 14.7. The summed E-state index contributed by atoms with van der Waals surface area (Å²) in [5.74, 6) is 0.724. The van der Waals surface area contributed by atoms with Crippen molar-refractivity contribution in [3.05, 3.63) is 40.9 Å². The molecule has 1 fully saturated rings. The highest BCUT2D eigenvalue weighted by molar-refractivity contribution is 8.14. The van der Waals surface area contributed by atoms with Crippen LogP contribution in [0.25, 0.3) is 21.6 Å². The van der Waals surface area contributed by atoms with Crippen LogP contribution in [0.5, 0.6) is 0 Å². The highest BCUT2D eigenvalue weighted by Crippen LogP contribution is 2.34. The van der Waals surface area contributed by atoms with Crippen LogP contribution in [0.3, 0.4) is 0 Å². The predicted octanol–water partition coefficient (Wildman–Crippen LogP) is 4.83. The van der Waals surface area contributed by atoms with Crippen molar-refractivity contribution in [1.82, 2.24) is 15.3 Å². The van der Waals surface area contributed by atoms with Crippen LogP contribution in [-0.2, 0) is 0 Å². The number of aliphatic imine (C=N–C) groups is 1. The topological polar surface area (TPSA) is 70.5 Å². The van der Waals surface area contributed by atoms with E-state index in [1.54, 1.807) is 23.1 Å². The SMILES string of the molecule is O=C(NC1=NCCS1)c1cc(-c2cccc(Cl)c2)nc2nc(N3CCCCC3)sc12. The smallest absolute Gasteiger partial charge is 0.258 e. The van der Waals surface area contributed by atoms with E-state index >= 15 is 0 Å². The number of carbonyl (C=O) groups excluding carboxylic acids is 1.